The molecule has 0 saturated carbocycles. The summed E-state index contributed by atoms with van der Waals surface area (Å²) in [5, 5.41) is 0.0455. The number of carbonyl (C=O) groups excluding carboxylic acids is 1. The van der Waals surface area contributed by atoms with E-state index in [4.69, 9.17) is 9.31 Å². The SMILES string of the molecule is CC(=O)SCC(=Cc1cnc(-n2ccnc2)nc1)B1OC(C)(C)C(C)(C)O1. The number of imidazole rings is 1. The van der Waals surface area contributed by atoms with E-state index in [0.29, 0.717) is 11.7 Å². The van der Waals surface area contributed by atoms with Crippen molar-refractivity contribution in [2.75, 3.05) is 5.75 Å². The average Bonchev–Trinajstić information content (AvgIpc) is 3.18. The number of rotatable bonds is 5. The predicted molar refractivity (Wildman–Crippen MR) is 106 cm³/mol. The summed E-state index contributed by atoms with van der Waals surface area (Å²) < 4.78 is 14.0. The Bertz CT molecular complexity index is 819. The molecule has 1 saturated heterocycles. The van der Waals surface area contributed by atoms with E-state index in [2.05, 4.69) is 15.0 Å². The van der Waals surface area contributed by atoms with Gasteiger partial charge in [0, 0.05) is 43.0 Å². The lowest BCUT2D eigenvalue weighted by molar-refractivity contribution is -0.109. The molecule has 3 rings (SSSR count). The molecule has 1 aliphatic rings. The lowest BCUT2D eigenvalue weighted by Gasteiger charge is -2.32. The van der Waals surface area contributed by atoms with E-state index in [0.717, 1.165) is 11.0 Å². The molecule has 0 amide bonds. The quantitative estimate of drug-likeness (QED) is 0.731. The maximum Gasteiger partial charge on any atom is 0.491 e. The Hall–Kier alpha value is -1.97. The number of nitrogens with zero attached hydrogens (tertiary/aromatic N) is 4. The van der Waals surface area contributed by atoms with Gasteiger partial charge >= 0.3 is 7.12 Å². The molecule has 0 atom stereocenters. The smallest absolute Gasteiger partial charge is 0.400 e. The monoisotopic (exact) mass is 386 g/mol. The van der Waals surface area contributed by atoms with Gasteiger partial charge in [-0.15, -0.1) is 0 Å². The van der Waals surface area contributed by atoms with E-state index in [-0.39, 0.29) is 5.12 Å². The van der Waals surface area contributed by atoms with Crippen molar-refractivity contribution in [3.8, 4) is 5.95 Å². The lowest BCUT2D eigenvalue weighted by Crippen LogP contribution is -2.41. The molecule has 0 N–H and O–H groups in total. The third-order valence-electron chi connectivity index (χ3n) is 4.74. The Labute approximate surface area is 163 Å². The second-order valence-electron chi connectivity index (χ2n) is 7.37. The summed E-state index contributed by atoms with van der Waals surface area (Å²) in [6, 6.07) is 0. The van der Waals surface area contributed by atoms with Crippen LogP contribution in [0.5, 0.6) is 0 Å². The zero-order valence-corrected chi connectivity index (χ0v) is 17.0. The highest BCUT2D eigenvalue weighted by Gasteiger charge is 2.52. The van der Waals surface area contributed by atoms with Crippen LogP contribution in [-0.4, -0.2) is 48.7 Å². The van der Waals surface area contributed by atoms with Crippen LogP contribution in [0.2, 0.25) is 0 Å². The molecule has 0 aromatic carbocycles. The van der Waals surface area contributed by atoms with Crippen LogP contribution in [-0.2, 0) is 14.1 Å². The predicted octanol–water partition coefficient (Wildman–Crippen LogP) is 2.96. The molecule has 0 radical (unpaired) electrons. The highest BCUT2D eigenvalue weighted by atomic mass is 32.2. The van der Waals surface area contributed by atoms with Gasteiger partial charge in [0.15, 0.2) is 5.12 Å². The molecule has 2 aromatic rings. The van der Waals surface area contributed by atoms with Crippen molar-refractivity contribution in [1.29, 1.82) is 0 Å². The van der Waals surface area contributed by atoms with Crippen LogP contribution in [0.15, 0.2) is 36.6 Å². The molecule has 9 heteroatoms. The largest absolute Gasteiger partial charge is 0.491 e. The van der Waals surface area contributed by atoms with Gasteiger partial charge in [-0.1, -0.05) is 17.8 Å². The summed E-state index contributed by atoms with van der Waals surface area (Å²) in [6.07, 6.45) is 10.5. The summed E-state index contributed by atoms with van der Waals surface area (Å²) in [5.41, 5.74) is 0.791. The number of thioether (sulfide) groups is 1. The Kier molecular flexibility index (Phi) is 5.55. The zero-order valence-electron chi connectivity index (χ0n) is 16.2. The highest BCUT2D eigenvalue weighted by molar-refractivity contribution is 8.13. The van der Waals surface area contributed by atoms with Gasteiger partial charge in [-0.3, -0.25) is 9.36 Å². The van der Waals surface area contributed by atoms with Crippen LogP contribution in [0.25, 0.3) is 12.0 Å². The van der Waals surface area contributed by atoms with Gasteiger partial charge in [0.25, 0.3) is 0 Å². The summed E-state index contributed by atoms with van der Waals surface area (Å²) in [4.78, 5) is 24.2. The number of hydrogen-bond donors (Lipinski definition) is 0. The van der Waals surface area contributed by atoms with Gasteiger partial charge in [-0.05, 0) is 33.2 Å². The van der Waals surface area contributed by atoms with Gasteiger partial charge < -0.3 is 9.31 Å². The maximum absolute atomic E-state index is 11.5. The van der Waals surface area contributed by atoms with Crippen LogP contribution in [0, 0.1) is 0 Å². The Morgan fingerprint density at radius 1 is 1.22 bits per heavy atom. The maximum atomic E-state index is 11.5. The summed E-state index contributed by atoms with van der Waals surface area (Å²) in [5.74, 6) is 1.02. The van der Waals surface area contributed by atoms with Crippen molar-refractivity contribution < 1.29 is 14.1 Å². The fraction of sp³-hybridized carbons (Fsp3) is 0.444. The number of hydrogen-bond acceptors (Lipinski definition) is 7. The first-order chi connectivity index (χ1) is 12.7. The van der Waals surface area contributed by atoms with E-state index in [1.54, 1.807) is 42.6 Å². The van der Waals surface area contributed by atoms with Crippen LogP contribution in [0.1, 0.15) is 40.2 Å². The standard InChI is InChI=1S/C18H23BN4O3S/c1-13(24)27-11-15(19-25-17(2,3)18(4,5)26-19)8-14-9-21-16(22-10-14)23-7-6-20-12-23/h6-10,12H,11H2,1-5H3. The zero-order chi connectivity index (χ0) is 19.7. The van der Waals surface area contributed by atoms with Gasteiger partial charge in [-0.2, -0.15) is 0 Å². The summed E-state index contributed by atoms with van der Waals surface area (Å²) in [7, 11) is -0.518. The Morgan fingerprint density at radius 3 is 2.37 bits per heavy atom. The van der Waals surface area contributed by atoms with E-state index in [1.165, 1.54) is 11.8 Å². The third-order valence-corrected chi connectivity index (χ3v) is 5.63. The molecule has 0 spiro atoms. The molecule has 3 heterocycles. The van der Waals surface area contributed by atoms with Crippen molar-refractivity contribution >= 4 is 30.1 Å². The highest BCUT2D eigenvalue weighted by Crippen LogP contribution is 2.39. The summed E-state index contributed by atoms with van der Waals surface area (Å²) >= 11 is 1.23. The van der Waals surface area contributed by atoms with Crippen molar-refractivity contribution in [3.63, 3.8) is 0 Å². The first kappa shape index (κ1) is 19.8. The fourth-order valence-electron chi connectivity index (χ4n) is 2.49. The van der Waals surface area contributed by atoms with E-state index >= 15 is 0 Å². The third kappa shape index (κ3) is 4.48. The topological polar surface area (TPSA) is 79.1 Å². The molecule has 1 aliphatic heterocycles. The molecule has 0 unspecified atom stereocenters. The second-order valence-corrected chi connectivity index (χ2v) is 8.53. The lowest BCUT2D eigenvalue weighted by atomic mass is 9.78. The van der Waals surface area contributed by atoms with Crippen LogP contribution < -0.4 is 0 Å². The van der Waals surface area contributed by atoms with Crippen LogP contribution in [0.4, 0.5) is 0 Å². The molecular formula is C18H23BN4O3S. The van der Waals surface area contributed by atoms with Gasteiger partial charge in [-0.25, -0.2) is 15.0 Å². The molecule has 0 bridgehead atoms. The number of carbonyl (C=O) groups is 1. The average molecular weight is 386 g/mol. The van der Waals surface area contributed by atoms with Crippen LogP contribution in [0.3, 0.4) is 0 Å². The molecule has 2 aromatic heterocycles. The van der Waals surface area contributed by atoms with Gasteiger partial charge in [0.1, 0.15) is 6.33 Å². The molecule has 142 valence electrons. The van der Waals surface area contributed by atoms with Crippen molar-refractivity contribution in [2.45, 2.75) is 45.8 Å². The van der Waals surface area contributed by atoms with Crippen LogP contribution >= 0.6 is 11.8 Å². The first-order valence-electron chi connectivity index (χ1n) is 8.68. The Morgan fingerprint density at radius 2 is 1.85 bits per heavy atom. The van der Waals surface area contributed by atoms with Crippen molar-refractivity contribution in [1.82, 2.24) is 19.5 Å². The van der Waals surface area contributed by atoms with Crippen molar-refractivity contribution in [2.24, 2.45) is 0 Å². The van der Waals surface area contributed by atoms with E-state index < -0.39 is 18.3 Å². The van der Waals surface area contributed by atoms with Crippen molar-refractivity contribution in [3.05, 3.63) is 42.2 Å². The Balaban J connectivity index is 1.85. The molecule has 0 aliphatic carbocycles. The molecular weight excluding hydrogens is 363 g/mol. The minimum absolute atomic E-state index is 0.0455. The normalized spacial score (nSPS) is 18.7. The minimum atomic E-state index is -0.518. The van der Waals surface area contributed by atoms with E-state index in [1.807, 2.05) is 33.8 Å². The van der Waals surface area contributed by atoms with Gasteiger partial charge in [0.05, 0.1) is 11.2 Å². The number of aromatic nitrogens is 4. The summed E-state index contributed by atoms with van der Waals surface area (Å²) in [6.45, 7) is 9.57. The fourth-order valence-corrected chi connectivity index (χ4v) is 3.08. The minimum Gasteiger partial charge on any atom is -0.400 e. The molecule has 27 heavy (non-hydrogen) atoms. The molecule has 1 fully saturated rings. The molecule has 7 nitrogen and oxygen atoms in total. The van der Waals surface area contributed by atoms with E-state index in [9.17, 15) is 4.79 Å². The van der Waals surface area contributed by atoms with Gasteiger partial charge in [0.2, 0.25) is 5.95 Å². The first-order valence-corrected chi connectivity index (χ1v) is 9.66. The second kappa shape index (κ2) is 7.57.